The summed E-state index contributed by atoms with van der Waals surface area (Å²) in [6, 6.07) is 0. The Morgan fingerprint density at radius 2 is 0.268 bits per heavy atom. The summed E-state index contributed by atoms with van der Waals surface area (Å²) >= 11 is 0. The van der Waals surface area contributed by atoms with E-state index in [0.717, 1.165) is 0 Å². The smallest absolute Gasteiger partial charge is 0.395 e. The van der Waals surface area contributed by atoms with Gasteiger partial charge in [-0.15, -0.1) is 0 Å². The Labute approximate surface area is 260 Å². The maximum Gasteiger partial charge on any atom is 2.00 e. The number of hydrogen-bond donors (Lipinski definition) is 12. The second-order valence-corrected chi connectivity index (χ2v) is 8.05. The van der Waals surface area contributed by atoms with Crippen LogP contribution < -0.4 is 0 Å². The third-order valence-corrected chi connectivity index (χ3v) is 4.99. The summed E-state index contributed by atoms with van der Waals surface area (Å²) in [6.45, 7) is 7.01. The molecule has 0 spiro atoms. The standard InChI is InChI=1S/4C6H15NO3.Ti/c4*8-4-1-7(2-5-9)3-6-10;/h4*8-10H,1-6H2;/q;;;;+2. The normalized spacial score (nSPS) is 10.5. The van der Waals surface area contributed by atoms with E-state index < -0.39 is 0 Å². The summed E-state index contributed by atoms with van der Waals surface area (Å²) in [5.41, 5.74) is 0. The average Bonchev–Trinajstić information content (AvgIpc) is 2.92. The first-order valence-corrected chi connectivity index (χ1v) is 13.6. The molecule has 0 aliphatic heterocycles. The van der Waals surface area contributed by atoms with Gasteiger partial charge in [-0.25, -0.2) is 0 Å². The Morgan fingerprint density at radius 3 is 0.317 bits per heavy atom. The molecule has 12 N–H and O–H groups in total. The van der Waals surface area contributed by atoms with Crippen molar-refractivity contribution < 1.29 is 83.0 Å². The Kier molecular flexibility index (Phi) is 58.1. The van der Waals surface area contributed by atoms with Crippen LogP contribution in [0.3, 0.4) is 0 Å². The predicted octanol–water partition coefficient (Wildman–Crippen LogP) is -6.94. The molecule has 0 amide bonds. The number of nitrogens with zero attached hydrogens (tertiary/aromatic N) is 4. The van der Waals surface area contributed by atoms with Gasteiger partial charge in [0.15, 0.2) is 0 Å². The second kappa shape index (κ2) is 47.0. The van der Waals surface area contributed by atoms with Gasteiger partial charge in [0.25, 0.3) is 0 Å². The molecule has 17 heteroatoms. The minimum absolute atomic E-state index is 0. The largest absolute Gasteiger partial charge is 2.00 e. The SMILES string of the molecule is OCCN(CCO)CCO.OCCN(CCO)CCO.OCCN(CCO)CCO.OCCN(CCO)CCO.[Ti+2]. The van der Waals surface area contributed by atoms with E-state index in [0.29, 0.717) is 78.5 Å². The molecule has 0 saturated heterocycles. The molecular formula is C24H60N4O12Ti+2. The van der Waals surface area contributed by atoms with Crippen LogP contribution >= 0.6 is 0 Å². The van der Waals surface area contributed by atoms with Crippen LogP contribution in [0.5, 0.6) is 0 Å². The molecule has 41 heavy (non-hydrogen) atoms. The number of rotatable bonds is 24. The molecule has 0 radical (unpaired) electrons. The second-order valence-electron chi connectivity index (χ2n) is 8.05. The molecule has 0 aliphatic rings. The number of aliphatic hydroxyl groups excluding tert-OH is 12. The van der Waals surface area contributed by atoms with E-state index in [2.05, 4.69) is 0 Å². The molecule has 0 atom stereocenters. The topological polar surface area (TPSA) is 256 Å². The molecule has 16 nitrogen and oxygen atoms in total. The Bertz CT molecular complexity index is 302. The van der Waals surface area contributed by atoms with Crippen molar-refractivity contribution in [3.05, 3.63) is 0 Å². The van der Waals surface area contributed by atoms with E-state index in [-0.39, 0.29) is 101 Å². The molecule has 0 saturated carbocycles. The fraction of sp³-hybridized carbons (Fsp3) is 1.00. The predicted molar refractivity (Wildman–Crippen MR) is 151 cm³/mol. The molecular weight excluding hydrogens is 584 g/mol. The first-order chi connectivity index (χ1) is 19.4. The van der Waals surface area contributed by atoms with E-state index in [1.807, 2.05) is 0 Å². The van der Waals surface area contributed by atoms with Gasteiger partial charge in [-0.05, 0) is 0 Å². The van der Waals surface area contributed by atoms with Gasteiger partial charge in [0.1, 0.15) is 0 Å². The maximum absolute atomic E-state index is 8.48. The third-order valence-electron chi connectivity index (χ3n) is 4.99. The van der Waals surface area contributed by atoms with E-state index in [1.165, 1.54) is 0 Å². The van der Waals surface area contributed by atoms with Crippen LogP contribution in [0.4, 0.5) is 0 Å². The van der Waals surface area contributed by atoms with Gasteiger partial charge in [0.05, 0.1) is 79.3 Å². The summed E-state index contributed by atoms with van der Waals surface area (Å²) < 4.78 is 0. The van der Waals surface area contributed by atoms with E-state index in [1.54, 1.807) is 19.6 Å². The van der Waals surface area contributed by atoms with Crippen molar-refractivity contribution in [2.75, 3.05) is 158 Å². The van der Waals surface area contributed by atoms with Crippen molar-refractivity contribution in [1.82, 2.24) is 19.6 Å². The van der Waals surface area contributed by atoms with Crippen molar-refractivity contribution in [3.63, 3.8) is 0 Å². The van der Waals surface area contributed by atoms with Crippen molar-refractivity contribution in [2.45, 2.75) is 0 Å². The van der Waals surface area contributed by atoms with Gasteiger partial charge in [-0.2, -0.15) is 0 Å². The van der Waals surface area contributed by atoms with E-state index in [4.69, 9.17) is 61.3 Å². The van der Waals surface area contributed by atoms with Crippen molar-refractivity contribution >= 4 is 0 Å². The molecule has 0 fully saturated rings. The fourth-order valence-corrected chi connectivity index (χ4v) is 3.04. The van der Waals surface area contributed by atoms with Crippen LogP contribution in [0.15, 0.2) is 0 Å². The van der Waals surface area contributed by atoms with Crippen LogP contribution in [0.1, 0.15) is 0 Å². The molecule has 0 bridgehead atoms. The minimum Gasteiger partial charge on any atom is -0.395 e. The summed E-state index contributed by atoms with van der Waals surface area (Å²) in [7, 11) is 0. The van der Waals surface area contributed by atoms with Crippen LogP contribution in [-0.4, -0.2) is 239 Å². The van der Waals surface area contributed by atoms with Gasteiger partial charge < -0.3 is 61.3 Å². The Morgan fingerprint density at radius 1 is 0.195 bits per heavy atom. The Hall–Kier alpha value is 0.0743. The van der Waals surface area contributed by atoms with Crippen molar-refractivity contribution in [2.24, 2.45) is 0 Å². The molecule has 0 aromatic carbocycles. The molecule has 0 heterocycles. The number of aliphatic hydroxyl groups is 12. The number of hydrogen-bond acceptors (Lipinski definition) is 16. The van der Waals surface area contributed by atoms with Crippen LogP contribution in [-0.2, 0) is 21.7 Å². The quantitative estimate of drug-likeness (QED) is 0.0436. The zero-order chi connectivity index (χ0) is 31.3. The van der Waals surface area contributed by atoms with Crippen LogP contribution in [0, 0.1) is 0 Å². The van der Waals surface area contributed by atoms with Crippen molar-refractivity contribution in [1.29, 1.82) is 0 Å². The molecule has 250 valence electrons. The van der Waals surface area contributed by atoms with Gasteiger partial charge in [0.2, 0.25) is 0 Å². The molecule has 0 aromatic heterocycles. The summed E-state index contributed by atoms with van der Waals surface area (Å²) in [6.07, 6.45) is 0. The van der Waals surface area contributed by atoms with Gasteiger partial charge in [-0.3, -0.25) is 19.6 Å². The minimum atomic E-state index is 0. The zero-order valence-corrected chi connectivity index (χ0v) is 26.2. The zero-order valence-electron chi connectivity index (χ0n) is 24.6. The monoisotopic (exact) mass is 644 g/mol. The van der Waals surface area contributed by atoms with Crippen molar-refractivity contribution in [3.8, 4) is 0 Å². The maximum atomic E-state index is 8.48. The van der Waals surface area contributed by atoms with Gasteiger partial charge in [0, 0.05) is 78.5 Å². The summed E-state index contributed by atoms with van der Waals surface area (Å²) in [5.74, 6) is 0. The van der Waals surface area contributed by atoms with Gasteiger partial charge >= 0.3 is 21.7 Å². The fourth-order valence-electron chi connectivity index (χ4n) is 3.04. The average molecular weight is 645 g/mol. The first kappa shape index (κ1) is 50.7. The summed E-state index contributed by atoms with van der Waals surface area (Å²) in [5, 5.41) is 102. The van der Waals surface area contributed by atoms with Gasteiger partial charge in [-0.1, -0.05) is 0 Å². The molecule has 0 aromatic rings. The third kappa shape index (κ3) is 44.6. The van der Waals surface area contributed by atoms with E-state index >= 15 is 0 Å². The molecule has 0 rings (SSSR count). The molecule has 0 unspecified atom stereocenters. The first-order valence-electron chi connectivity index (χ1n) is 13.6. The Balaban J connectivity index is -0.000000139. The summed E-state index contributed by atoms with van der Waals surface area (Å²) in [4.78, 5) is 7.17. The molecule has 0 aliphatic carbocycles. The van der Waals surface area contributed by atoms with Crippen LogP contribution in [0.2, 0.25) is 0 Å². The van der Waals surface area contributed by atoms with E-state index in [9.17, 15) is 0 Å². The van der Waals surface area contributed by atoms with Crippen LogP contribution in [0.25, 0.3) is 0 Å².